The van der Waals surface area contributed by atoms with Crippen LogP contribution in [0.15, 0.2) is 24.3 Å². The highest BCUT2D eigenvalue weighted by atomic mass is 19.1. The number of piperidine rings is 1. The molecule has 1 aromatic carbocycles. The predicted molar refractivity (Wildman–Crippen MR) is 99.2 cm³/mol. The van der Waals surface area contributed by atoms with E-state index in [2.05, 4.69) is 41.2 Å². The lowest BCUT2D eigenvalue weighted by atomic mass is 9.93. The van der Waals surface area contributed by atoms with Gasteiger partial charge < -0.3 is 5.73 Å². The van der Waals surface area contributed by atoms with Crippen LogP contribution >= 0.6 is 0 Å². The highest BCUT2D eigenvalue weighted by molar-refractivity contribution is 5.76. The number of primary amides is 1. The van der Waals surface area contributed by atoms with Crippen molar-refractivity contribution in [2.75, 3.05) is 13.1 Å². The number of carbonyl (C=O) groups is 1. The maximum absolute atomic E-state index is 14.7. The molecule has 1 aromatic heterocycles. The number of nitrogens with two attached hydrogens (primary N) is 1. The van der Waals surface area contributed by atoms with E-state index in [1.54, 1.807) is 16.8 Å². The first-order valence-electron chi connectivity index (χ1n) is 9.41. The van der Waals surface area contributed by atoms with Gasteiger partial charge in [-0.25, -0.2) is 9.07 Å². The quantitative estimate of drug-likeness (QED) is 0.837. The second-order valence-corrected chi connectivity index (χ2v) is 7.75. The summed E-state index contributed by atoms with van der Waals surface area (Å²) in [5.41, 5.74) is 5.71. The van der Waals surface area contributed by atoms with Gasteiger partial charge in [-0.15, -0.1) is 5.10 Å². The van der Waals surface area contributed by atoms with Crippen LogP contribution in [0.2, 0.25) is 0 Å². The molecule has 2 aromatic rings. The Hall–Kier alpha value is -2.35. The van der Waals surface area contributed by atoms with Gasteiger partial charge in [0.05, 0.1) is 5.54 Å². The van der Waals surface area contributed by atoms with E-state index in [0.29, 0.717) is 37.3 Å². The lowest BCUT2D eigenvalue weighted by molar-refractivity contribution is -0.123. The molecule has 0 spiro atoms. The summed E-state index contributed by atoms with van der Waals surface area (Å²) in [6, 6.07) is 6.31. The Labute approximate surface area is 158 Å². The smallest absolute Gasteiger partial charge is 0.220 e. The van der Waals surface area contributed by atoms with E-state index in [1.165, 1.54) is 6.07 Å². The molecule has 7 nitrogen and oxygen atoms in total. The fourth-order valence-electron chi connectivity index (χ4n) is 3.58. The molecule has 8 heteroatoms. The molecular weight excluding hydrogens is 347 g/mol. The summed E-state index contributed by atoms with van der Waals surface area (Å²) >= 11 is 0. The van der Waals surface area contributed by atoms with Gasteiger partial charge in [0.2, 0.25) is 5.91 Å². The molecule has 1 fully saturated rings. The minimum absolute atomic E-state index is 0.134. The predicted octanol–water partition coefficient (Wildman–Crippen LogP) is 2.24. The van der Waals surface area contributed by atoms with E-state index in [0.717, 1.165) is 6.42 Å². The molecule has 0 aliphatic carbocycles. The Kier molecular flexibility index (Phi) is 5.55. The SMILES string of the molecule is CCC(C)(C)n1nnnc1[C@H](c1ccccc1F)N1CCC(C(N)=O)CC1. The van der Waals surface area contributed by atoms with Crippen molar-refractivity contribution in [3.05, 3.63) is 41.5 Å². The molecule has 0 saturated carbocycles. The van der Waals surface area contributed by atoms with Gasteiger partial charge >= 0.3 is 0 Å². The number of tetrazole rings is 1. The molecule has 2 heterocycles. The van der Waals surface area contributed by atoms with Crippen LogP contribution < -0.4 is 5.73 Å². The molecule has 1 saturated heterocycles. The molecule has 2 N–H and O–H groups in total. The highest BCUT2D eigenvalue weighted by Crippen LogP contribution is 2.34. The maximum atomic E-state index is 14.7. The summed E-state index contributed by atoms with van der Waals surface area (Å²) < 4.78 is 16.5. The Morgan fingerprint density at radius 1 is 1.33 bits per heavy atom. The Morgan fingerprint density at radius 2 is 2.00 bits per heavy atom. The van der Waals surface area contributed by atoms with Gasteiger partial charge in [0.15, 0.2) is 5.82 Å². The summed E-state index contributed by atoms with van der Waals surface area (Å²) in [6.07, 6.45) is 2.14. The number of aromatic nitrogens is 4. The fourth-order valence-corrected chi connectivity index (χ4v) is 3.58. The van der Waals surface area contributed by atoms with E-state index < -0.39 is 6.04 Å². The lowest BCUT2D eigenvalue weighted by Crippen LogP contribution is -2.43. The van der Waals surface area contributed by atoms with Gasteiger partial charge in [-0.05, 0) is 62.7 Å². The average molecular weight is 374 g/mol. The van der Waals surface area contributed by atoms with Crippen LogP contribution in [0, 0.1) is 11.7 Å². The standard InChI is InChI=1S/C19H27FN6O/c1-4-19(2,3)26-18(22-23-24-26)16(14-7-5-6-8-15(14)20)25-11-9-13(10-12-25)17(21)27/h5-8,13,16H,4,9-12H2,1-3H3,(H2,21,27)/t16-/m0/s1. The van der Waals surface area contributed by atoms with E-state index in [1.807, 2.05) is 6.07 Å². The molecule has 0 bridgehead atoms. The van der Waals surface area contributed by atoms with Crippen LogP contribution in [0.1, 0.15) is 57.5 Å². The molecule has 3 rings (SSSR count). The zero-order valence-electron chi connectivity index (χ0n) is 16.1. The van der Waals surface area contributed by atoms with E-state index >= 15 is 0 Å². The molecular formula is C19H27FN6O. The topological polar surface area (TPSA) is 89.9 Å². The van der Waals surface area contributed by atoms with E-state index in [4.69, 9.17) is 5.73 Å². The van der Waals surface area contributed by atoms with Crippen LogP contribution in [0.4, 0.5) is 4.39 Å². The third-order valence-corrected chi connectivity index (χ3v) is 5.67. The van der Waals surface area contributed by atoms with Crippen molar-refractivity contribution in [2.45, 2.75) is 51.6 Å². The summed E-state index contributed by atoms with van der Waals surface area (Å²) in [7, 11) is 0. The fraction of sp³-hybridized carbons (Fsp3) is 0.579. The first-order chi connectivity index (χ1) is 12.8. The largest absolute Gasteiger partial charge is 0.369 e. The molecule has 1 aliphatic heterocycles. The molecule has 1 amide bonds. The van der Waals surface area contributed by atoms with Gasteiger partial charge in [0.25, 0.3) is 0 Å². The van der Waals surface area contributed by atoms with Crippen molar-refractivity contribution in [2.24, 2.45) is 11.7 Å². The summed E-state index contributed by atoms with van der Waals surface area (Å²) in [6.45, 7) is 7.45. The number of hydrogen-bond acceptors (Lipinski definition) is 5. The van der Waals surface area contributed by atoms with Crippen molar-refractivity contribution in [3.8, 4) is 0 Å². The molecule has 1 atom stereocenters. The van der Waals surface area contributed by atoms with Gasteiger partial charge in [-0.1, -0.05) is 25.1 Å². The van der Waals surface area contributed by atoms with Gasteiger partial charge in [-0.3, -0.25) is 9.69 Å². The van der Waals surface area contributed by atoms with Crippen molar-refractivity contribution in [1.29, 1.82) is 0 Å². The normalized spacial score (nSPS) is 17.8. The van der Waals surface area contributed by atoms with Crippen LogP contribution in [-0.2, 0) is 10.3 Å². The number of nitrogens with zero attached hydrogens (tertiary/aromatic N) is 5. The lowest BCUT2D eigenvalue weighted by Gasteiger charge is -2.37. The van der Waals surface area contributed by atoms with Gasteiger partial charge in [-0.2, -0.15) is 0 Å². The van der Waals surface area contributed by atoms with Crippen LogP contribution in [0.25, 0.3) is 0 Å². The van der Waals surface area contributed by atoms with Crippen LogP contribution in [-0.4, -0.2) is 44.1 Å². The van der Waals surface area contributed by atoms with Crippen molar-refractivity contribution in [3.63, 3.8) is 0 Å². The highest BCUT2D eigenvalue weighted by Gasteiger charge is 2.36. The average Bonchev–Trinajstić information content (AvgIpc) is 3.14. The second kappa shape index (κ2) is 7.72. The number of likely N-dealkylation sites (tertiary alicyclic amines) is 1. The molecule has 27 heavy (non-hydrogen) atoms. The Morgan fingerprint density at radius 3 is 2.59 bits per heavy atom. The first-order valence-corrected chi connectivity index (χ1v) is 9.41. The number of benzene rings is 1. The Bertz CT molecular complexity index is 797. The second-order valence-electron chi connectivity index (χ2n) is 7.75. The van der Waals surface area contributed by atoms with E-state index in [9.17, 15) is 9.18 Å². The van der Waals surface area contributed by atoms with Crippen molar-refractivity contribution < 1.29 is 9.18 Å². The summed E-state index contributed by atoms with van der Waals surface area (Å²) in [5, 5.41) is 12.4. The first kappa shape index (κ1) is 19.4. The monoisotopic (exact) mass is 374 g/mol. The summed E-state index contributed by atoms with van der Waals surface area (Å²) in [5.74, 6) is -0.0764. The van der Waals surface area contributed by atoms with Crippen LogP contribution in [0.5, 0.6) is 0 Å². The number of halogens is 1. The van der Waals surface area contributed by atoms with Crippen molar-refractivity contribution >= 4 is 5.91 Å². The van der Waals surface area contributed by atoms with Gasteiger partial charge in [0.1, 0.15) is 11.9 Å². The number of carbonyl (C=O) groups excluding carboxylic acids is 1. The maximum Gasteiger partial charge on any atom is 0.220 e. The van der Waals surface area contributed by atoms with Crippen molar-refractivity contribution in [1.82, 2.24) is 25.1 Å². The number of hydrogen-bond donors (Lipinski definition) is 1. The Balaban J connectivity index is 2.02. The minimum Gasteiger partial charge on any atom is -0.369 e. The summed E-state index contributed by atoms with van der Waals surface area (Å²) in [4.78, 5) is 13.7. The number of rotatable bonds is 6. The minimum atomic E-state index is -0.416. The zero-order chi connectivity index (χ0) is 19.6. The third-order valence-electron chi connectivity index (χ3n) is 5.67. The van der Waals surface area contributed by atoms with E-state index in [-0.39, 0.29) is 23.2 Å². The molecule has 0 radical (unpaired) electrons. The number of amides is 1. The molecule has 0 unspecified atom stereocenters. The van der Waals surface area contributed by atoms with Crippen LogP contribution in [0.3, 0.4) is 0 Å². The molecule has 146 valence electrons. The molecule has 1 aliphatic rings. The zero-order valence-corrected chi connectivity index (χ0v) is 16.1. The third kappa shape index (κ3) is 3.85. The van der Waals surface area contributed by atoms with Gasteiger partial charge in [0, 0.05) is 11.5 Å².